The molecular formula is C16H22N2O3. The number of benzene rings is 1. The van der Waals surface area contributed by atoms with Crippen LogP contribution in [0.4, 0.5) is 4.79 Å². The summed E-state index contributed by atoms with van der Waals surface area (Å²) in [6, 6.07) is 5.28. The van der Waals surface area contributed by atoms with Crippen molar-refractivity contribution >= 4 is 12.0 Å². The minimum absolute atomic E-state index is 0.00373. The molecule has 5 nitrogen and oxygen atoms in total. The fourth-order valence-electron chi connectivity index (χ4n) is 2.69. The maximum Gasteiger partial charge on any atom is 0.335 e. The van der Waals surface area contributed by atoms with Crippen LogP contribution in [-0.2, 0) is 13.1 Å². The van der Waals surface area contributed by atoms with Crippen LogP contribution in [0.3, 0.4) is 0 Å². The molecule has 21 heavy (non-hydrogen) atoms. The number of amides is 2. The predicted octanol–water partition coefficient (Wildman–Crippen LogP) is 2.94. The van der Waals surface area contributed by atoms with Crippen molar-refractivity contribution in [2.24, 2.45) is 0 Å². The van der Waals surface area contributed by atoms with Gasteiger partial charge in [-0.05, 0) is 36.6 Å². The molecule has 0 fully saturated rings. The van der Waals surface area contributed by atoms with Gasteiger partial charge in [0.25, 0.3) is 0 Å². The second kappa shape index (κ2) is 6.16. The average Bonchev–Trinajstić information content (AvgIpc) is 2.88. The fraction of sp³-hybridized carbons (Fsp3) is 0.500. The van der Waals surface area contributed by atoms with Crippen LogP contribution in [0.25, 0.3) is 0 Å². The second-order valence-corrected chi connectivity index (χ2v) is 5.68. The topological polar surface area (TPSA) is 60.9 Å². The lowest BCUT2D eigenvalue weighted by Gasteiger charge is -2.29. The minimum Gasteiger partial charge on any atom is -0.478 e. The van der Waals surface area contributed by atoms with Gasteiger partial charge in [-0.15, -0.1) is 0 Å². The number of carbonyl (C=O) groups is 2. The van der Waals surface area contributed by atoms with Gasteiger partial charge in [0.05, 0.1) is 5.56 Å². The molecule has 1 heterocycles. The summed E-state index contributed by atoms with van der Waals surface area (Å²) in [6.45, 7) is 5.19. The molecule has 1 unspecified atom stereocenters. The van der Waals surface area contributed by atoms with E-state index in [-0.39, 0.29) is 17.6 Å². The van der Waals surface area contributed by atoms with E-state index in [0.717, 1.165) is 24.0 Å². The molecule has 1 N–H and O–H groups in total. The molecule has 5 heteroatoms. The number of carbonyl (C=O) groups excluding carboxylic acids is 1. The Balaban J connectivity index is 2.08. The summed E-state index contributed by atoms with van der Waals surface area (Å²) in [5.74, 6) is -0.934. The summed E-state index contributed by atoms with van der Waals surface area (Å²) in [5.41, 5.74) is 2.24. The van der Waals surface area contributed by atoms with Crippen LogP contribution in [0, 0.1) is 0 Å². The number of urea groups is 1. The van der Waals surface area contributed by atoms with Crippen LogP contribution in [0.2, 0.25) is 0 Å². The lowest BCUT2D eigenvalue weighted by molar-refractivity contribution is 0.0696. The molecule has 0 spiro atoms. The third kappa shape index (κ3) is 3.17. The van der Waals surface area contributed by atoms with Gasteiger partial charge in [-0.3, -0.25) is 0 Å². The van der Waals surface area contributed by atoms with Crippen LogP contribution < -0.4 is 0 Å². The quantitative estimate of drug-likeness (QED) is 0.927. The van der Waals surface area contributed by atoms with Crippen molar-refractivity contribution in [1.82, 2.24) is 9.80 Å². The molecule has 0 saturated heterocycles. The van der Waals surface area contributed by atoms with E-state index in [1.54, 1.807) is 21.9 Å². The molecule has 0 bridgehead atoms. The molecule has 0 saturated carbocycles. The summed E-state index contributed by atoms with van der Waals surface area (Å²) in [7, 11) is 1.83. The lowest BCUT2D eigenvalue weighted by atomic mass is 10.1. The van der Waals surface area contributed by atoms with E-state index < -0.39 is 5.97 Å². The average molecular weight is 290 g/mol. The molecule has 0 aromatic heterocycles. The molecule has 1 aliphatic rings. The lowest BCUT2D eigenvalue weighted by Crippen LogP contribution is -2.42. The van der Waals surface area contributed by atoms with Crippen LogP contribution in [-0.4, -0.2) is 40.0 Å². The predicted molar refractivity (Wildman–Crippen MR) is 80.2 cm³/mol. The van der Waals surface area contributed by atoms with Crippen molar-refractivity contribution in [2.75, 3.05) is 7.05 Å². The number of hydrogen-bond donors (Lipinski definition) is 1. The highest BCUT2D eigenvalue weighted by molar-refractivity contribution is 5.88. The van der Waals surface area contributed by atoms with Gasteiger partial charge in [0.1, 0.15) is 0 Å². The first-order valence-corrected chi connectivity index (χ1v) is 7.30. The van der Waals surface area contributed by atoms with E-state index in [9.17, 15) is 9.59 Å². The highest BCUT2D eigenvalue weighted by Gasteiger charge is 2.27. The van der Waals surface area contributed by atoms with Gasteiger partial charge in [0.2, 0.25) is 0 Å². The number of carboxylic acids is 1. The Bertz CT molecular complexity index is 556. The summed E-state index contributed by atoms with van der Waals surface area (Å²) >= 11 is 0. The molecule has 114 valence electrons. The molecule has 1 aliphatic heterocycles. The van der Waals surface area contributed by atoms with E-state index >= 15 is 0 Å². The first-order valence-electron chi connectivity index (χ1n) is 7.30. The van der Waals surface area contributed by atoms with Crippen molar-refractivity contribution in [3.05, 3.63) is 34.9 Å². The van der Waals surface area contributed by atoms with E-state index in [1.165, 1.54) is 0 Å². The number of carboxylic acid groups (broad SMARTS) is 1. The van der Waals surface area contributed by atoms with Gasteiger partial charge in [-0.25, -0.2) is 9.59 Å². The zero-order valence-corrected chi connectivity index (χ0v) is 12.8. The van der Waals surface area contributed by atoms with Crippen molar-refractivity contribution in [2.45, 2.75) is 45.8 Å². The standard InChI is InChI=1S/C16H22N2O3/c1-4-5-11(2)17(3)16(21)18-9-13-7-6-12(15(19)20)8-14(13)10-18/h6-8,11H,4-5,9-10H2,1-3H3,(H,19,20). The Morgan fingerprint density at radius 3 is 2.62 bits per heavy atom. The van der Waals surface area contributed by atoms with Gasteiger partial charge in [-0.2, -0.15) is 0 Å². The Labute approximate surface area is 125 Å². The minimum atomic E-state index is -0.934. The van der Waals surface area contributed by atoms with E-state index in [2.05, 4.69) is 6.92 Å². The van der Waals surface area contributed by atoms with Crippen molar-refractivity contribution in [3.63, 3.8) is 0 Å². The van der Waals surface area contributed by atoms with Crippen LogP contribution >= 0.6 is 0 Å². The molecular weight excluding hydrogens is 268 g/mol. The van der Waals surface area contributed by atoms with Crippen LogP contribution in [0.5, 0.6) is 0 Å². The summed E-state index contributed by atoms with van der Waals surface area (Å²) in [5, 5.41) is 9.02. The Hall–Kier alpha value is -2.04. The number of nitrogens with zero attached hydrogens (tertiary/aromatic N) is 2. The Morgan fingerprint density at radius 1 is 1.33 bits per heavy atom. The molecule has 0 aliphatic carbocycles. The van der Waals surface area contributed by atoms with E-state index in [4.69, 9.17) is 5.11 Å². The van der Waals surface area contributed by atoms with Gasteiger partial charge < -0.3 is 14.9 Å². The number of aromatic carboxylic acids is 1. The largest absolute Gasteiger partial charge is 0.478 e. The molecule has 2 amide bonds. The maximum atomic E-state index is 12.5. The molecule has 2 rings (SSSR count). The molecule has 1 aromatic carbocycles. The number of fused-ring (bicyclic) bond motifs is 1. The highest BCUT2D eigenvalue weighted by Crippen LogP contribution is 2.25. The Morgan fingerprint density at radius 2 is 2.00 bits per heavy atom. The fourth-order valence-corrected chi connectivity index (χ4v) is 2.69. The summed E-state index contributed by atoms with van der Waals surface area (Å²) in [4.78, 5) is 27.0. The van der Waals surface area contributed by atoms with Gasteiger partial charge >= 0.3 is 12.0 Å². The smallest absolute Gasteiger partial charge is 0.335 e. The summed E-state index contributed by atoms with van der Waals surface area (Å²) in [6.07, 6.45) is 2.02. The third-order valence-electron chi connectivity index (χ3n) is 4.12. The van der Waals surface area contributed by atoms with Crippen molar-refractivity contribution < 1.29 is 14.7 Å². The molecule has 0 radical (unpaired) electrons. The van der Waals surface area contributed by atoms with Crippen molar-refractivity contribution in [1.29, 1.82) is 0 Å². The van der Waals surface area contributed by atoms with E-state index in [1.807, 2.05) is 20.0 Å². The van der Waals surface area contributed by atoms with Gasteiger partial charge in [-0.1, -0.05) is 19.4 Å². The first kappa shape index (κ1) is 15.4. The zero-order valence-electron chi connectivity index (χ0n) is 12.8. The van der Waals surface area contributed by atoms with Gasteiger partial charge in [0.15, 0.2) is 0 Å². The summed E-state index contributed by atoms with van der Waals surface area (Å²) < 4.78 is 0. The second-order valence-electron chi connectivity index (χ2n) is 5.68. The highest BCUT2D eigenvalue weighted by atomic mass is 16.4. The third-order valence-corrected chi connectivity index (χ3v) is 4.12. The van der Waals surface area contributed by atoms with Crippen LogP contribution in [0.1, 0.15) is 48.2 Å². The number of rotatable bonds is 4. The SMILES string of the molecule is CCCC(C)N(C)C(=O)N1Cc2ccc(C(=O)O)cc2C1. The monoisotopic (exact) mass is 290 g/mol. The zero-order chi connectivity index (χ0) is 15.6. The molecule has 1 aromatic rings. The maximum absolute atomic E-state index is 12.5. The van der Waals surface area contributed by atoms with E-state index in [0.29, 0.717) is 13.1 Å². The normalized spacial score (nSPS) is 14.7. The van der Waals surface area contributed by atoms with Crippen LogP contribution in [0.15, 0.2) is 18.2 Å². The van der Waals surface area contributed by atoms with Crippen molar-refractivity contribution in [3.8, 4) is 0 Å². The number of hydrogen-bond acceptors (Lipinski definition) is 2. The Kier molecular flexibility index (Phi) is 4.50. The van der Waals surface area contributed by atoms with Gasteiger partial charge in [0, 0.05) is 26.2 Å². The first-order chi connectivity index (χ1) is 9.93. The molecule has 1 atom stereocenters.